The van der Waals surface area contributed by atoms with Gasteiger partial charge in [0.25, 0.3) is 0 Å². The first-order valence-electron chi connectivity index (χ1n) is 7.32. The second-order valence-electron chi connectivity index (χ2n) is 6.34. The Balaban J connectivity index is 2.17. The van der Waals surface area contributed by atoms with Crippen LogP contribution in [0, 0.1) is 5.82 Å². The number of hydrogen-bond donors (Lipinski definition) is 1. The van der Waals surface area contributed by atoms with E-state index >= 15 is 0 Å². The van der Waals surface area contributed by atoms with Gasteiger partial charge < -0.3 is 9.88 Å². The predicted molar refractivity (Wildman–Crippen MR) is 89.6 cm³/mol. The molecule has 0 bridgehead atoms. The van der Waals surface area contributed by atoms with Gasteiger partial charge in [-0.3, -0.25) is 4.79 Å². The number of rotatable bonds is 4. The van der Waals surface area contributed by atoms with Crippen LogP contribution in [-0.4, -0.2) is 31.5 Å². The summed E-state index contributed by atoms with van der Waals surface area (Å²) in [5, 5.41) is 11.3. The van der Waals surface area contributed by atoms with Crippen molar-refractivity contribution in [3.8, 4) is 11.4 Å². The van der Waals surface area contributed by atoms with Crippen molar-refractivity contribution < 1.29 is 9.18 Å². The van der Waals surface area contributed by atoms with Crippen molar-refractivity contribution in [1.82, 2.24) is 20.1 Å². The van der Waals surface area contributed by atoms with Gasteiger partial charge in [0.1, 0.15) is 5.82 Å². The summed E-state index contributed by atoms with van der Waals surface area (Å²) in [6.45, 7) is 7.60. The Hall–Kier alpha value is -1.89. The van der Waals surface area contributed by atoms with E-state index < -0.39 is 0 Å². The van der Waals surface area contributed by atoms with Crippen LogP contribution in [0.3, 0.4) is 0 Å². The van der Waals surface area contributed by atoms with Crippen LogP contribution >= 0.6 is 11.8 Å². The molecule has 0 aliphatic heterocycles. The number of aromatic nitrogens is 3. The minimum Gasteiger partial charge on any atom is -0.351 e. The number of carbonyl (C=O) groups excluding carboxylic acids is 1. The molecule has 1 heterocycles. The van der Waals surface area contributed by atoms with Gasteiger partial charge in [-0.15, -0.1) is 10.2 Å². The highest BCUT2D eigenvalue weighted by Crippen LogP contribution is 2.27. The zero-order chi connectivity index (χ0) is 17.2. The Morgan fingerprint density at radius 2 is 1.96 bits per heavy atom. The summed E-state index contributed by atoms with van der Waals surface area (Å²) in [5.41, 5.74) is 0.102. The van der Waals surface area contributed by atoms with Crippen LogP contribution in [0.5, 0.6) is 0 Å². The number of nitrogens with one attached hydrogen (secondary N) is 1. The lowest BCUT2D eigenvalue weighted by Crippen LogP contribution is -2.44. The standard InChI is InChI=1S/C16H21FN4OS/c1-10(14(22)18-16(2,3)4)23-15-20-19-13(21(15)5)11-8-6-7-9-12(11)17/h6-10H,1-5H3,(H,18,22). The Bertz CT molecular complexity index is 708. The first kappa shape index (κ1) is 17.5. The Labute approximate surface area is 139 Å². The summed E-state index contributed by atoms with van der Waals surface area (Å²) in [6, 6.07) is 6.42. The fourth-order valence-electron chi connectivity index (χ4n) is 1.98. The Kier molecular flexibility index (Phi) is 5.09. The van der Waals surface area contributed by atoms with E-state index in [2.05, 4.69) is 15.5 Å². The molecule has 1 amide bonds. The molecule has 1 N–H and O–H groups in total. The van der Waals surface area contributed by atoms with Gasteiger partial charge in [-0.2, -0.15) is 0 Å². The molecular formula is C16H21FN4OS. The van der Waals surface area contributed by atoms with Crippen LogP contribution in [0.25, 0.3) is 11.4 Å². The van der Waals surface area contributed by atoms with E-state index in [1.165, 1.54) is 17.8 Å². The number of benzene rings is 1. The van der Waals surface area contributed by atoms with Crippen molar-refractivity contribution in [2.75, 3.05) is 0 Å². The number of halogens is 1. The molecule has 2 aromatic rings. The first-order chi connectivity index (χ1) is 10.7. The van der Waals surface area contributed by atoms with Crippen LogP contribution < -0.4 is 5.32 Å². The lowest BCUT2D eigenvalue weighted by molar-refractivity contribution is -0.121. The van der Waals surface area contributed by atoms with E-state index in [1.54, 1.807) is 29.8 Å². The van der Waals surface area contributed by atoms with Crippen molar-refractivity contribution in [1.29, 1.82) is 0 Å². The van der Waals surface area contributed by atoms with Gasteiger partial charge in [-0.05, 0) is 39.8 Å². The molecular weight excluding hydrogens is 315 g/mol. The van der Waals surface area contributed by atoms with Crippen molar-refractivity contribution in [2.45, 2.75) is 43.6 Å². The summed E-state index contributed by atoms with van der Waals surface area (Å²) in [6.07, 6.45) is 0. The van der Waals surface area contributed by atoms with Crippen molar-refractivity contribution in [2.24, 2.45) is 7.05 Å². The van der Waals surface area contributed by atoms with E-state index in [0.29, 0.717) is 16.5 Å². The smallest absolute Gasteiger partial charge is 0.233 e. The average Bonchev–Trinajstić information content (AvgIpc) is 2.79. The number of amides is 1. The number of nitrogens with zero attached hydrogens (tertiary/aromatic N) is 3. The fourth-order valence-corrected chi connectivity index (χ4v) is 2.79. The van der Waals surface area contributed by atoms with Crippen LogP contribution in [0.15, 0.2) is 29.4 Å². The van der Waals surface area contributed by atoms with Gasteiger partial charge >= 0.3 is 0 Å². The molecule has 0 aliphatic carbocycles. The topological polar surface area (TPSA) is 59.8 Å². The van der Waals surface area contributed by atoms with Crippen LogP contribution in [-0.2, 0) is 11.8 Å². The number of carbonyl (C=O) groups is 1. The SMILES string of the molecule is CC(Sc1nnc(-c2ccccc2F)n1C)C(=O)NC(C)(C)C. The summed E-state index contributed by atoms with van der Waals surface area (Å²) >= 11 is 1.30. The maximum absolute atomic E-state index is 13.9. The molecule has 1 unspecified atom stereocenters. The Morgan fingerprint density at radius 3 is 2.57 bits per heavy atom. The van der Waals surface area contributed by atoms with Crippen LogP contribution in [0.2, 0.25) is 0 Å². The highest BCUT2D eigenvalue weighted by Gasteiger charge is 2.23. The molecule has 0 saturated heterocycles. The quantitative estimate of drug-likeness (QED) is 0.872. The molecule has 1 aromatic carbocycles. The van der Waals surface area contributed by atoms with Crippen molar-refractivity contribution in [3.05, 3.63) is 30.1 Å². The summed E-state index contributed by atoms with van der Waals surface area (Å²) in [7, 11) is 1.76. The largest absolute Gasteiger partial charge is 0.351 e. The minimum atomic E-state index is -0.349. The van der Waals surface area contributed by atoms with Gasteiger partial charge in [-0.25, -0.2) is 4.39 Å². The second kappa shape index (κ2) is 6.70. The predicted octanol–water partition coefficient (Wildman–Crippen LogP) is 3.02. The molecule has 1 aromatic heterocycles. The summed E-state index contributed by atoms with van der Waals surface area (Å²) in [4.78, 5) is 12.2. The highest BCUT2D eigenvalue weighted by molar-refractivity contribution is 8.00. The molecule has 5 nitrogen and oxygen atoms in total. The molecule has 0 fully saturated rings. The van der Waals surface area contributed by atoms with E-state index in [9.17, 15) is 9.18 Å². The minimum absolute atomic E-state index is 0.0714. The third-order valence-electron chi connectivity index (χ3n) is 3.10. The fraction of sp³-hybridized carbons (Fsp3) is 0.438. The molecule has 1 atom stereocenters. The first-order valence-corrected chi connectivity index (χ1v) is 8.20. The van der Waals surface area contributed by atoms with E-state index in [4.69, 9.17) is 0 Å². The normalized spacial score (nSPS) is 13.0. The van der Waals surface area contributed by atoms with Crippen LogP contribution in [0.4, 0.5) is 4.39 Å². The number of thioether (sulfide) groups is 1. The third kappa shape index (κ3) is 4.31. The zero-order valence-electron chi connectivity index (χ0n) is 13.9. The number of hydrogen-bond acceptors (Lipinski definition) is 4. The molecule has 0 spiro atoms. The lowest BCUT2D eigenvalue weighted by Gasteiger charge is -2.22. The van der Waals surface area contributed by atoms with Gasteiger partial charge in [0.2, 0.25) is 5.91 Å². The highest BCUT2D eigenvalue weighted by atomic mass is 32.2. The maximum Gasteiger partial charge on any atom is 0.233 e. The zero-order valence-corrected chi connectivity index (χ0v) is 14.7. The molecule has 0 aliphatic rings. The summed E-state index contributed by atoms with van der Waals surface area (Å²) in [5.74, 6) is 0.0186. The maximum atomic E-state index is 13.9. The second-order valence-corrected chi connectivity index (χ2v) is 7.65. The van der Waals surface area contributed by atoms with Gasteiger partial charge in [-0.1, -0.05) is 23.9 Å². The molecule has 0 radical (unpaired) electrons. The van der Waals surface area contributed by atoms with E-state index in [1.807, 2.05) is 27.7 Å². The monoisotopic (exact) mass is 336 g/mol. The average molecular weight is 336 g/mol. The van der Waals surface area contributed by atoms with E-state index in [-0.39, 0.29) is 22.5 Å². The van der Waals surface area contributed by atoms with Gasteiger partial charge in [0, 0.05) is 12.6 Å². The lowest BCUT2D eigenvalue weighted by atomic mass is 10.1. The molecule has 2 rings (SSSR count). The van der Waals surface area contributed by atoms with Crippen molar-refractivity contribution >= 4 is 17.7 Å². The van der Waals surface area contributed by atoms with E-state index in [0.717, 1.165) is 0 Å². The van der Waals surface area contributed by atoms with Gasteiger partial charge in [0.05, 0.1) is 10.8 Å². The van der Waals surface area contributed by atoms with Gasteiger partial charge in [0.15, 0.2) is 11.0 Å². The van der Waals surface area contributed by atoms with Crippen molar-refractivity contribution in [3.63, 3.8) is 0 Å². The summed E-state index contributed by atoms with van der Waals surface area (Å²) < 4.78 is 15.6. The van der Waals surface area contributed by atoms with Crippen LogP contribution in [0.1, 0.15) is 27.7 Å². The molecule has 0 saturated carbocycles. The third-order valence-corrected chi connectivity index (χ3v) is 4.23. The Morgan fingerprint density at radius 1 is 1.30 bits per heavy atom. The molecule has 7 heteroatoms. The molecule has 124 valence electrons. The molecule has 23 heavy (non-hydrogen) atoms.